The van der Waals surface area contributed by atoms with Crippen LogP contribution >= 0.6 is 0 Å². The van der Waals surface area contributed by atoms with E-state index in [4.69, 9.17) is 14.2 Å². The van der Waals surface area contributed by atoms with Crippen molar-refractivity contribution in [1.82, 2.24) is 10.3 Å². The van der Waals surface area contributed by atoms with Gasteiger partial charge in [-0.3, -0.25) is 4.98 Å². The third-order valence-corrected chi connectivity index (χ3v) is 3.26. The molecule has 0 amide bonds. The first kappa shape index (κ1) is 13.7. The summed E-state index contributed by atoms with van der Waals surface area (Å²) in [5.41, 5.74) is 2.10. The van der Waals surface area contributed by atoms with Gasteiger partial charge in [-0.25, -0.2) is 0 Å². The lowest BCUT2D eigenvalue weighted by Crippen LogP contribution is -2.13. The molecule has 1 aliphatic rings. The van der Waals surface area contributed by atoms with Gasteiger partial charge in [-0.2, -0.15) is 0 Å². The summed E-state index contributed by atoms with van der Waals surface area (Å²) >= 11 is 0. The van der Waals surface area contributed by atoms with Crippen LogP contribution in [-0.4, -0.2) is 18.3 Å². The van der Waals surface area contributed by atoms with Gasteiger partial charge in [-0.05, 0) is 30.3 Å². The molecule has 5 heteroatoms. The average molecular weight is 286 g/mol. The predicted octanol–water partition coefficient (Wildman–Crippen LogP) is 2.50. The molecule has 0 spiro atoms. The van der Waals surface area contributed by atoms with Crippen molar-refractivity contribution in [3.8, 4) is 17.2 Å². The average Bonchev–Trinajstić information content (AvgIpc) is 2.99. The maximum Gasteiger partial charge on any atom is 0.231 e. The van der Waals surface area contributed by atoms with Gasteiger partial charge in [0.05, 0.1) is 0 Å². The second-order valence-electron chi connectivity index (χ2n) is 4.74. The summed E-state index contributed by atoms with van der Waals surface area (Å²) in [6, 6.07) is 7.74. The molecular weight excluding hydrogens is 268 g/mol. The number of ether oxygens (including phenoxy) is 3. The summed E-state index contributed by atoms with van der Waals surface area (Å²) in [5, 5.41) is 3.28. The number of nitrogens with zero attached hydrogens (tertiary/aromatic N) is 1. The van der Waals surface area contributed by atoms with E-state index in [1.165, 1.54) is 0 Å². The van der Waals surface area contributed by atoms with E-state index in [-0.39, 0.29) is 6.79 Å². The first-order valence-electron chi connectivity index (χ1n) is 7.01. The minimum atomic E-state index is 0.289. The largest absolute Gasteiger partial charge is 0.488 e. The Bertz CT molecular complexity index is 616. The molecule has 1 N–H and O–H groups in total. The van der Waals surface area contributed by atoms with Crippen LogP contribution in [0.4, 0.5) is 0 Å². The van der Waals surface area contributed by atoms with Gasteiger partial charge in [0.25, 0.3) is 0 Å². The zero-order chi connectivity index (χ0) is 14.5. The lowest BCUT2D eigenvalue weighted by molar-refractivity contribution is 0.174. The number of benzene rings is 1. The number of fused-ring (bicyclic) bond motifs is 1. The molecule has 1 aliphatic heterocycles. The smallest absolute Gasteiger partial charge is 0.231 e. The molecule has 0 saturated heterocycles. The zero-order valence-corrected chi connectivity index (χ0v) is 12.0. The van der Waals surface area contributed by atoms with Gasteiger partial charge in [-0.15, -0.1) is 0 Å². The molecule has 0 saturated carbocycles. The second-order valence-corrected chi connectivity index (χ2v) is 4.74. The van der Waals surface area contributed by atoms with E-state index < -0.39 is 0 Å². The molecule has 0 radical (unpaired) electrons. The number of hydrogen-bond donors (Lipinski definition) is 1. The topological polar surface area (TPSA) is 52.6 Å². The van der Waals surface area contributed by atoms with Crippen LogP contribution in [0.15, 0.2) is 36.7 Å². The van der Waals surface area contributed by atoms with Crippen molar-refractivity contribution in [2.45, 2.75) is 20.1 Å². The Morgan fingerprint density at radius 3 is 3.05 bits per heavy atom. The Morgan fingerprint density at radius 2 is 2.14 bits per heavy atom. The lowest BCUT2D eigenvalue weighted by atomic mass is 10.2. The van der Waals surface area contributed by atoms with Crippen molar-refractivity contribution in [3.05, 3.63) is 47.8 Å². The molecule has 2 heterocycles. The molecule has 3 rings (SSSR count). The van der Waals surface area contributed by atoms with Crippen LogP contribution in [0.1, 0.15) is 18.1 Å². The minimum absolute atomic E-state index is 0.289. The van der Waals surface area contributed by atoms with Gasteiger partial charge in [0, 0.05) is 24.5 Å². The van der Waals surface area contributed by atoms with Gasteiger partial charge < -0.3 is 19.5 Å². The summed E-state index contributed by atoms with van der Waals surface area (Å²) in [6.45, 7) is 4.51. The van der Waals surface area contributed by atoms with E-state index in [9.17, 15) is 0 Å². The Balaban J connectivity index is 1.67. The normalized spacial score (nSPS) is 12.4. The first-order valence-corrected chi connectivity index (χ1v) is 7.01. The summed E-state index contributed by atoms with van der Waals surface area (Å²) in [7, 11) is 0. The van der Waals surface area contributed by atoms with Gasteiger partial charge in [0.1, 0.15) is 12.4 Å². The van der Waals surface area contributed by atoms with Crippen LogP contribution in [0.3, 0.4) is 0 Å². The third kappa shape index (κ3) is 3.25. The van der Waals surface area contributed by atoms with E-state index in [1.54, 1.807) is 6.20 Å². The highest BCUT2D eigenvalue weighted by atomic mass is 16.7. The number of nitrogens with one attached hydrogen (secondary N) is 1. The molecule has 21 heavy (non-hydrogen) atoms. The van der Waals surface area contributed by atoms with E-state index in [1.807, 2.05) is 30.5 Å². The van der Waals surface area contributed by atoms with Crippen LogP contribution < -0.4 is 19.5 Å². The fourth-order valence-electron chi connectivity index (χ4n) is 2.14. The Labute approximate surface area is 123 Å². The third-order valence-electron chi connectivity index (χ3n) is 3.26. The highest BCUT2D eigenvalue weighted by Gasteiger charge is 2.13. The second kappa shape index (κ2) is 6.45. The molecule has 0 atom stereocenters. The van der Waals surface area contributed by atoms with Crippen LogP contribution in [0.5, 0.6) is 17.2 Å². The van der Waals surface area contributed by atoms with E-state index >= 15 is 0 Å². The van der Waals surface area contributed by atoms with E-state index in [2.05, 4.69) is 17.2 Å². The molecule has 110 valence electrons. The van der Waals surface area contributed by atoms with Crippen molar-refractivity contribution < 1.29 is 14.2 Å². The molecule has 0 aliphatic carbocycles. The summed E-state index contributed by atoms with van der Waals surface area (Å²) in [5.74, 6) is 2.41. The molecule has 2 aromatic rings. The minimum Gasteiger partial charge on any atom is -0.488 e. The molecule has 1 aromatic carbocycles. The predicted molar refractivity (Wildman–Crippen MR) is 78.5 cm³/mol. The maximum atomic E-state index is 5.90. The summed E-state index contributed by atoms with van der Waals surface area (Å²) in [6.07, 6.45) is 3.57. The maximum absolute atomic E-state index is 5.90. The quantitative estimate of drug-likeness (QED) is 0.884. The number of aromatic nitrogens is 1. The molecule has 0 bridgehead atoms. The van der Waals surface area contributed by atoms with Gasteiger partial charge >= 0.3 is 0 Å². The summed E-state index contributed by atoms with van der Waals surface area (Å²) in [4.78, 5) is 4.14. The number of hydrogen-bond acceptors (Lipinski definition) is 5. The van der Waals surface area contributed by atoms with Crippen LogP contribution in [0, 0.1) is 0 Å². The SMILES string of the molecule is CCNCc1cnccc1OCc1ccc2c(c1)OCO2. The number of rotatable bonds is 6. The van der Waals surface area contributed by atoms with Crippen LogP contribution in [-0.2, 0) is 13.2 Å². The molecule has 1 aromatic heterocycles. The highest BCUT2D eigenvalue weighted by molar-refractivity contribution is 5.44. The van der Waals surface area contributed by atoms with Crippen molar-refractivity contribution in [2.75, 3.05) is 13.3 Å². The Hall–Kier alpha value is -2.27. The van der Waals surface area contributed by atoms with Crippen molar-refractivity contribution in [3.63, 3.8) is 0 Å². The van der Waals surface area contributed by atoms with Crippen molar-refractivity contribution in [2.24, 2.45) is 0 Å². The van der Waals surface area contributed by atoms with Crippen LogP contribution in [0.2, 0.25) is 0 Å². The van der Waals surface area contributed by atoms with Gasteiger partial charge in [-0.1, -0.05) is 13.0 Å². The fraction of sp³-hybridized carbons (Fsp3) is 0.312. The molecular formula is C16H18N2O3. The van der Waals surface area contributed by atoms with Gasteiger partial charge in [0.15, 0.2) is 11.5 Å². The molecule has 0 unspecified atom stereocenters. The standard InChI is InChI=1S/C16H18N2O3/c1-2-17-8-13-9-18-6-5-14(13)19-10-12-3-4-15-16(7-12)21-11-20-15/h3-7,9,17H,2,8,10-11H2,1H3. The molecule has 0 fully saturated rings. The Kier molecular flexibility index (Phi) is 4.21. The monoisotopic (exact) mass is 286 g/mol. The highest BCUT2D eigenvalue weighted by Crippen LogP contribution is 2.32. The van der Waals surface area contributed by atoms with Crippen LogP contribution in [0.25, 0.3) is 0 Å². The van der Waals surface area contributed by atoms with Gasteiger partial charge in [0.2, 0.25) is 6.79 Å². The van der Waals surface area contributed by atoms with E-state index in [0.717, 1.165) is 41.5 Å². The Morgan fingerprint density at radius 1 is 1.24 bits per heavy atom. The zero-order valence-electron chi connectivity index (χ0n) is 12.0. The lowest BCUT2D eigenvalue weighted by Gasteiger charge is -2.11. The van der Waals surface area contributed by atoms with Crippen molar-refractivity contribution in [1.29, 1.82) is 0 Å². The molecule has 5 nitrogen and oxygen atoms in total. The fourth-order valence-corrected chi connectivity index (χ4v) is 2.14. The first-order chi connectivity index (χ1) is 10.4. The number of pyridine rings is 1. The van der Waals surface area contributed by atoms with Crippen molar-refractivity contribution >= 4 is 0 Å². The summed E-state index contributed by atoms with van der Waals surface area (Å²) < 4.78 is 16.6. The van der Waals surface area contributed by atoms with E-state index in [0.29, 0.717) is 6.61 Å².